The van der Waals surface area contributed by atoms with E-state index in [1.54, 1.807) is 26.0 Å². The lowest BCUT2D eigenvalue weighted by atomic mass is 10.1. The number of aromatic amines is 1. The number of aromatic nitrogens is 1. The smallest absolute Gasteiger partial charge is 0.339 e. The number of fused-ring (bicyclic) bond motifs is 1. The van der Waals surface area contributed by atoms with Gasteiger partial charge in [-0.2, -0.15) is 0 Å². The van der Waals surface area contributed by atoms with E-state index >= 15 is 0 Å². The second-order valence-electron chi connectivity index (χ2n) is 6.83. The summed E-state index contributed by atoms with van der Waals surface area (Å²) in [7, 11) is 1.29. The van der Waals surface area contributed by atoms with Gasteiger partial charge in [0.25, 0.3) is 0 Å². The second kappa shape index (κ2) is 8.34. The van der Waals surface area contributed by atoms with E-state index < -0.39 is 11.6 Å². The molecule has 0 aliphatic carbocycles. The summed E-state index contributed by atoms with van der Waals surface area (Å²) in [4.78, 5) is 39.2. The van der Waals surface area contributed by atoms with Crippen molar-refractivity contribution in [1.82, 2.24) is 4.98 Å². The zero-order valence-electron chi connectivity index (χ0n) is 16.9. The molecule has 7 heteroatoms. The molecule has 0 unspecified atom stereocenters. The van der Waals surface area contributed by atoms with Crippen molar-refractivity contribution in [2.24, 2.45) is 0 Å². The van der Waals surface area contributed by atoms with Gasteiger partial charge in [0, 0.05) is 23.2 Å². The Morgan fingerprint density at radius 2 is 1.93 bits per heavy atom. The van der Waals surface area contributed by atoms with E-state index in [2.05, 4.69) is 4.98 Å². The van der Waals surface area contributed by atoms with Gasteiger partial charge in [0.15, 0.2) is 6.61 Å². The molecule has 0 saturated carbocycles. The van der Waals surface area contributed by atoms with Crippen molar-refractivity contribution in [3.63, 3.8) is 0 Å². The Labute approximate surface area is 167 Å². The summed E-state index contributed by atoms with van der Waals surface area (Å²) in [6, 6.07) is 6.67. The van der Waals surface area contributed by atoms with Gasteiger partial charge in [0.2, 0.25) is 5.78 Å². The van der Waals surface area contributed by atoms with Crippen LogP contribution < -0.4 is 10.4 Å². The summed E-state index contributed by atoms with van der Waals surface area (Å²) in [6.45, 7) is 5.20. The molecule has 2 aromatic heterocycles. The number of benzene rings is 1. The number of ketones is 1. The maximum Gasteiger partial charge on any atom is 0.339 e. The van der Waals surface area contributed by atoms with E-state index in [9.17, 15) is 14.4 Å². The molecule has 0 saturated heterocycles. The molecule has 0 atom stereocenters. The Hall–Kier alpha value is -3.35. The number of rotatable bonds is 7. The van der Waals surface area contributed by atoms with Crippen LogP contribution in [0.3, 0.4) is 0 Å². The van der Waals surface area contributed by atoms with Crippen LogP contribution in [0.25, 0.3) is 11.0 Å². The third-order valence-corrected chi connectivity index (χ3v) is 4.80. The normalized spacial score (nSPS) is 10.9. The molecule has 1 N–H and O–H groups in total. The van der Waals surface area contributed by atoms with E-state index in [0.717, 1.165) is 23.8 Å². The van der Waals surface area contributed by atoms with Gasteiger partial charge in [-0.3, -0.25) is 4.79 Å². The first-order chi connectivity index (χ1) is 13.8. The number of methoxy groups -OCH3 is 1. The average molecular weight is 397 g/mol. The van der Waals surface area contributed by atoms with Crippen LogP contribution in [0, 0.1) is 13.8 Å². The minimum absolute atomic E-state index is 0.230. The van der Waals surface area contributed by atoms with Crippen LogP contribution in [0.1, 0.15) is 51.0 Å². The fourth-order valence-electron chi connectivity index (χ4n) is 3.43. The highest BCUT2D eigenvalue weighted by Crippen LogP contribution is 2.24. The van der Waals surface area contributed by atoms with E-state index in [1.807, 2.05) is 13.0 Å². The predicted octanol–water partition coefficient (Wildman–Crippen LogP) is 3.74. The monoisotopic (exact) mass is 397 g/mol. The van der Waals surface area contributed by atoms with Crippen LogP contribution in [-0.4, -0.2) is 30.5 Å². The Morgan fingerprint density at radius 3 is 2.62 bits per heavy atom. The minimum atomic E-state index is -0.497. The summed E-state index contributed by atoms with van der Waals surface area (Å²) >= 11 is 0. The number of esters is 1. The summed E-state index contributed by atoms with van der Waals surface area (Å²) in [6.07, 6.45) is 1.68. The highest BCUT2D eigenvalue weighted by molar-refractivity contribution is 6.02. The van der Waals surface area contributed by atoms with Crippen molar-refractivity contribution in [2.45, 2.75) is 33.6 Å². The third-order valence-electron chi connectivity index (χ3n) is 4.80. The molecule has 0 aliphatic rings. The summed E-state index contributed by atoms with van der Waals surface area (Å²) in [5, 5.41) is 0.851. The van der Waals surface area contributed by atoms with Gasteiger partial charge < -0.3 is 18.9 Å². The van der Waals surface area contributed by atoms with Crippen molar-refractivity contribution >= 4 is 22.7 Å². The van der Waals surface area contributed by atoms with Crippen LogP contribution in [0.4, 0.5) is 0 Å². The lowest BCUT2D eigenvalue weighted by Crippen LogP contribution is -2.13. The number of hydrogen-bond donors (Lipinski definition) is 1. The first-order valence-electron chi connectivity index (χ1n) is 9.36. The van der Waals surface area contributed by atoms with E-state index in [-0.39, 0.29) is 12.4 Å². The maximum atomic E-state index is 12.6. The largest absolute Gasteiger partial charge is 0.485 e. The molecule has 0 aliphatic heterocycles. The third kappa shape index (κ3) is 4.08. The van der Waals surface area contributed by atoms with Crippen molar-refractivity contribution in [3.8, 4) is 5.75 Å². The van der Waals surface area contributed by atoms with Crippen molar-refractivity contribution < 1.29 is 23.5 Å². The van der Waals surface area contributed by atoms with Crippen LogP contribution >= 0.6 is 0 Å². The molecule has 2 heterocycles. The van der Waals surface area contributed by atoms with Gasteiger partial charge in [0.05, 0.1) is 18.4 Å². The second-order valence-corrected chi connectivity index (χ2v) is 6.83. The van der Waals surface area contributed by atoms with E-state index in [4.69, 9.17) is 13.9 Å². The lowest BCUT2D eigenvalue weighted by molar-refractivity contribution is 0.0599. The molecule has 3 rings (SSSR count). The zero-order chi connectivity index (χ0) is 21.1. The molecule has 0 bridgehead atoms. The molecular formula is C22H23NO6. The number of carbonyl (C=O) groups excluding carboxylic acids is 2. The molecule has 1 aromatic carbocycles. The lowest BCUT2D eigenvalue weighted by Gasteiger charge is -2.08. The van der Waals surface area contributed by atoms with E-state index in [1.165, 1.54) is 13.2 Å². The Morgan fingerprint density at radius 1 is 1.17 bits per heavy atom. The molecule has 0 fully saturated rings. The number of aryl methyl sites for hydroxylation is 2. The molecule has 152 valence electrons. The number of Topliss-reactive ketones (excluding diaryl/α,β-unsaturated/α-hetero) is 1. The molecule has 29 heavy (non-hydrogen) atoms. The van der Waals surface area contributed by atoms with Gasteiger partial charge in [-0.15, -0.1) is 0 Å². The Bertz CT molecular complexity index is 1140. The fourth-order valence-corrected chi connectivity index (χ4v) is 3.43. The number of H-pyrrole nitrogens is 1. The summed E-state index contributed by atoms with van der Waals surface area (Å²) in [5.41, 5.74) is 2.68. The van der Waals surface area contributed by atoms with Crippen LogP contribution in [0.15, 0.2) is 33.5 Å². The van der Waals surface area contributed by atoms with Crippen molar-refractivity contribution in [3.05, 3.63) is 62.8 Å². The van der Waals surface area contributed by atoms with Crippen molar-refractivity contribution in [2.75, 3.05) is 13.7 Å². The maximum absolute atomic E-state index is 12.6. The van der Waals surface area contributed by atoms with Gasteiger partial charge in [-0.1, -0.05) is 13.3 Å². The SMILES string of the molecule is CCCc1cc(=O)oc2cc(OCC(=O)c3[nH]c(C)c(C(=O)OC)c3C)ccc12. The summed E-state index contributed by atoms with van der Waals surface area (Å²) in [5.74, 6) is -0.387. The van der Waals surface area contributed by atoms with Crippen LogP contribution in [0.5, 0.6) is 5.75 Å². The average Bonchev–Trinajstić information content (AvgIpc) is 2.99. The van der Waals surface area contributed by atoms with Gasteiger partial charge in [0.1, 0.15) is 11.3 Å². The molecule has 3 aromatic rings. The summed E-state index contributed by atoms with van der Waals surface area (Å²) < 4.78 is 15.7. The van der Waals surface area contributed by atoms with E-state index in [0.29, 0.717) is 33.8 Å². The number of nitrogens with one attached hydrogen (secondary N) is 1. The van der Waals surface area contributed by atoms with Gasteiger partial charge in [-0.05, 0) is 43.5 Å². The topological polar surface area (TPSA) is 98.6 Å². The standard InChI is InChI=1S/C22H23NO6/c1-5-6-14-9-19(25)29-18-10-15(7-8-16(14)18)28-11-17(24)21-12(2)20(13(3)23-21)22(26)27-4/h7-10,23H,5-6,11H2,1-4H3. The van der Waals surface area contributed by atoms with Gasteiger partial charge >= 0.3 is 11.6 Å². The highest BCUT2D eigenvalue weighted by atomic mass is 16.5. The quantitative estimate of drug-likeness (QED) is 0.370. The zero-order valence-corrected chi connectivity index (χ0v) is 16.9. The number of ether oxygens (including phenoxy) is 2. The Balaban J connectivity index is 1.81. The minimum Gasteiger partial charge on any atom is -0.485 e. The number of carbonyl (C=O) groups is 2. The Kier molecular flexibility index (Phi) is 5.87. The fraction of sp³-hybridized carbons (Fsp3) is 0.318. The molecule has 0 amide bonds. The van der Waals surface area contributed by atoms with Gasteiger partial charge in [-0.25, -0.2) is 9.59 Å². The molecule has 7 nitrogen and oxygen atoms in total. The van der Waals surface area contributed by atoms with Crippen LogP contribution in [0.2, 0.25) is 0 Å². The first kappa shape index (κ1) is 20.4. The highest BCUT2D eigenvalue weighted by Gasteiger charge is 2.22. The molecule has 0 radical (unpaired) electrons. The van der Waals surface area contributed by atoms with Crippen molar-refractivity contribution in [1.29, 1.82) is 0 Å². The molecule has 0 spiro atoms. The molecular weight excluding hydrogens is 374 g/mol. The van der Waals surface area contributed by atoms with Crippen LogP contribution in [-0.2, 0) is 11.2 Å². The number of hydrogen-bond acceptors (Lipinski definition) is 6. The first-order valence-corrected chi connectivity index (χ1v) is 9.36. The predicted molar refractivity (Wildman–Crippen MR) is 108 cm³/mol.